The van der Waals surface area contributed by atoms with Crippen molar-refractivity contribution in [3.63, 3.8) is 0 Å². The van der Waals surface area contributed by atoms with Gasteiger partial charge in [0.25, 0.3) is 5.71 Å². The average Bonchev–Trinajstić information content (AvgIpc) is 3.34. The Balaban J connectivity index is 1.47. The minimum absolute atomic E-state index is 0.0165. The number of likely N-dealkylation sites (tertiary alicyclic amines) is 1. The van der Waals surface area contributed by atoms with Crippen LogP contribution in [-0.4, -0.2) is 48.8 Å². The van der Waals surface area contributed by atoms with Gasteiger partial charge in [0.05, 0.1) is 23.2 Å². The number of carbonyl (C=O) groups is 1. The summed E-state index contributed by atoms with van der Waals surface area (Å²) in [7, 11) is 0. The molecule has 0 atom stereocenters. The third-order valence-electron chi connectivity index (χ3n) is 5.16. The number of rotatable bonds is 4. The zero-order valence-corrected chi connectivity index (χ0v) is 15.7. The SMILES string of the molecule is Cc1cc(C(F)(F)F)c2c(C3CCN(C(=O)CCn4cncn4)CC3)noc2n1. The summed E-state index contributed by atoms with van der Waals surface area (Å²) in [5.74, 6) is -0.238. The molecule has 0 aromatic carbocycles. The molecule has 0 aliphatic carbocycles. The van der Waals surface area contributed by atoms with Gasteiger partial charge in [-0.05, 0) is 25.8 Å². The Morgan fingerprint density at radius 2 is 2.07 bits per heavy atom. The highest BCUT2D eigenvalue weighted by Crippen LogP contribution is 2.40. The van der Waals surface area contributed by atoms with Gasteiger partial charge in [-0.15, -0.1) is 0 Å². The van der Waals surface area contributed by atoms with Gasteiger partial charge in [-0.3, -0.25) is 9.48 Å². The van der Waals surface area contributed by atoms with E-state index in [1.54, 1.807) is 15.9 Å². The quantitative estimate of drug-likeness (QED) is 0.659. The van der Waals surface area contributed by atoms with Crippen LogP contribution in [0.4, 0.5) is 13.2 Å². The molecule has 1 aliphatic rings. The van der Waals surface area contributed by atoms with Crippen molar-refractivity contribution in [2.24, 2.45) is 0 Å². The summed E-state index contributed by atoms with van der Waals surface area (Å²) < 4.78 is 47.3. The van der Waals surface area contributed by atoms with Gasteiger partial charge in [0.15, 0.2) is 0 Å². The number of piperidine rings is 1. The van der Waals surface area contributed by atoms with E-state index in [1.165, 1.54) is 13.3 Å². The molecule has 0 spiro atoms. The molecule has 3 aromatic rings. The predicted molar refractivity (Wildman–Crippen MR) is 94.7 cm³/mol. The van der Waals surface area contributed by atoms with E-state index in [-0.39, 0.29) is 34.3 Å². The zero-order chi connectivity index (χ0) is 20.6. The number of fused-ring (bicyclic) bond motifs is 1. The maximum atomic E-state index is 13.5. The standard InChI is InChI=1S/C18H19F3N6O2/c1-11-8-13(18(19,20)21)15-16(25-29-17(15)24-11)12-2-5-26(6-3-12)14(28)4-7-27-10-22-9-23-27/h8-10,12H,2-7H2,1H3. The molecule has 1 amide bonds. The first-order chi connectivity index (χ1) is 13.8. The fourth-order valence-electron chi connectivity index (χ4n) is 3.72. The lowest BCUT2D eigenvalue weighted by Gasteiger charge is -2.31. The molecule has 154 valence electrons. The van der Waals surface area contributed by atoms with Gasteiger partial charge in [0.1, 0.15) is 12.7 Å². The number of halogens is 3. The lowest BCUT2D eigenvalue weighted by atomic mass is 9.90. The molecule has 1 fully saturated rings. The number of nitrogens with zero attached hydrogens (tertiary/aromatic N) is 6. The summed E-state index contributed by atoms with van der Waals surface area (Å²) in [4.78, 5) is 22.0. The van der Waals surface area contributed by atoms with E-state index in [0.717, 1.165) is 6.07 Å². The number of aromatic nitrogens is 5. The molecule has 0 unspecified atom stereocenters. The number of hydrogen-bond acceptors (Lipinski definition) is 6. The molecular weight excluding hydrogens is 389 g/mol. The van der Waals surface area contributed by atoms with Crippen molar-refractivity contribution in [3.05, 3.63) is 35.7 Å². The van der Waals surface area contributed by atoms with Crippen LogP contribution < -0.4 is 0 Å². The Morgan fingerprint density at radius 3 is 2.72 bits per heavy atom. The summed E-state index contributed by atoms with van der Waals surface area (Å²) in [6.07, 6.45) is -0.247. The second kappa shape index (κ2) is 7.45. The third-order valence-corrected chi connectivity index (χ3v) is 5.16. The molecule has 0 radical (unpaired) electrons. The van der Waals surface area contributed by atoms with Gasteiger partial charge >= 0.3 is 6.18 Å². The summed E-state index contributed by atoms with van der Waals surface area (Å²) in [6, 6.07) is 1.02. The number of alkyl halides is 3. The van der Waals surface area contributed by atoms with Gasteiger partial charge in [-0.25, -0.2) is 9.97 Å². The number of hydrogen-bond donors (Lipinski definition) is 0. The van der Waals surface area contributed by atoms with Gasteiger partial charge in [0, 0.05) is 31.1 Å². The van der Waals surface area contributed by atoms with Crippen molar-refractivity contribution in [3.8, 4) is 0 Å². The molecule has 4 heterocycles. The van der Waals surface area contributed by atoms with Crippen LogP contribution in [0.2, 0.25) is 0 Å². The van der Waals surface area contributed by atoms with E-state index in [2.05, 4.69) is 20.2 Å². The topological polar surface area (TPSA) is 89.9 Å². The molecule has 4 rings (SSSR count). The predicted octanol–water partition coefficient (Wildman–Crippen LogP) is 2.94. The van der Waals surface area contributed by atoms with Gasteiger partial charge < -0.3 is 9.42 Å². The first-order valence-electron chi connectivity index (χ1n) is 9.27. The van der Waals surface area contributed by atoms with Crippen molar-refractivity contribution >= 4 is 17.0 Å². The highest BCUT2D eigenvalue weighted by atomic mass is 19.4. The summed E-state index contributed by atoms with van der Waals surface area (Å²) in [6.45, 7) is 2.83. The lowest BCUT2D eigenvalue weighted by molar-refractivity contribution is -0.136. The van der Waals surface area contributed by atoms with Crippen molar-refractivity contribution in [2.75, 3.05) is 13.1 Å². The van der Waals surface area contributed by atoms with E-state index in [9.17, 15) is 18.0 Å². The number of pyridine rings is 1. The molecule has 3 aromatic heterocycles. The highest BCUT2D eigenvalue weighted by molar-refractivity contribution is 5.81. The van der Waals surface area contributed by atoms with Crippen LogP contribution in [0.25, 0.3) is 11.1 Å². The Hall–Kier alpha value is -2.98. The second-order valence-electron chi connectivity index (χ2n) is 7.12. The monoisotopic (exact) mass is 408 g/mol. The smallest absolute Gasteiger partial charge is 0.343 e. The Bertz CT molecular complexity index is 1010. The molecule has 1 saturated heterocycles. The summed E-state index contributed by atoms with van der Waals surface area (Å²) in [5.41, 5.74) is -0.379. The van der Waals surface area contributed by atoms with E-state index >= 15 is 0 Å². The lowest BCUT2D eigenvalue weighted by Crippen LogP contribution is -2.38. The summed E-state index contributed by atoms with van der Waals surface area (Å²) in [5, 5.41) is 7.81. The molecule has 0 saturated carbocycles. The van der Waals surface area contributed by atoms with Crippen LogP contribution in [0, 0.1) is 6.92 Å². The molecule has 29 heavy (non-hydrogen) atoms. The third kappa shape index (κ3) is 3.94. The first kappa shape index (κ1) is 19.3. The van der Waals surface area contributed by atoms with Crippen molar-refractivity contribution in [1.29, 1.82) is 0 Å². The molecule has 0 N–H and O–H groups in total. The molecule has 1 aliphatic heterocycles. The van der Waals surface area contributed by atoms with Gasteiger partial charge in [0.2, 0.25) is 5.91 Å². The van der Waals surface area contributed by atoms with Gasteiger partial charge in [-0.1, -0.05) is 5.16 Å². The van der Waals surface area contributed by atoms with E-state index in [4.69, 9.17) is 4.52 Å². The Morgan fingerprint density at radius 1 is 1.31 bits per heavy atom. The van der Waals surface area contributed by atoms with E-state index in [0.29, 0.717) is 38.9 Å². The Kier molecular flexibility index (Phi) is 4.97. The average molecular weight is 408 g/mol. The number of aryl methyl sites for hydroxylation is 2. The van der Waals surface area contributed by atoms with Crippen LogP contribution in [0.3, 0.4) is 0 Å². The van der Waals surface area contributed by atoms with Crippen molar-refractivity contribution in [2.45, 2.75) is 44.8 Å². The largest absolute Gasteiger partial charge is 0.417 e. The molecule has 0 bridgehead atoms. The van der Waals surface area contributed by atoms with Crippen molar-refractivity contribution < 1.29 is 22.5 Å². The van der Waals surface area contributed by atoms with E-state index < -0.39 is 11.7 Å². The normalized spacial score (nSPS) is 15.9. The first-order valence-corrected chi connectivity index (χ1v) is 9.27. The maximum absolute atomic E-state index is 13.5. The minimum atomic E-state index is -4.52. The number of amides is 1. The zero-order valence-electron chi connectivity index (χ0n) is 15.7. The van der Waals surface area contributed by atoms with Crippen LogP contribution >= 0.6 is 0 Å². The number of carbonyl (C=O) groups excluding carboxylic acids is 1. The fraction of sp³-hybridized carbons (Fsp3) is 0.500. The van der Waals surface area contributed by atoms with Crippen LogP contribution in [0.1, 0.15) is 42.1 Å². The minimum Gasteiger partial charge on any atom is -0.343 e. The van der Waals surface area contributed by atoms with Crippen molar-refractivity contribution in [1.82, 2.24) is 29.8 Å². The fourth-order valence-corrected chi connectivity index (χ4v) is 3.72. The summed E-state index contributed by atoms with van der Waals surface area (Å²) >= 11 is 0. The highest BCUT2D eigenvalue weighted by Gasteiger charge is 2.37. The molecule has 8 nitrogen and oxygen atoms in total. The van der Waals surface area contributed by atoms with E-state index in [1.807, 2.05) is 0 Å². The van der Waals surface area contributed by atoms with Crippen LogP contribution in [0.5, 0.6) is 0 Å². The Labute approximate surface area is 163 Å². The molecular formula is C18H19F3N6O2. The molecule has 11 heteroatoms. The second-order valence-corrected chi connectivity index (χ2v) is 7.12. The van der Waals surface area contributed by atoms with Crippen LogP contribution in [-0.2, 0) is 17.5 Å². The van der Waals surface area contributed by atoms with Crippen LogP contribution in [0.15, 0.2) is 23.2 Å². The van der Waals surface area contributed by atoms with Gasteiger partial charge in [-0.2, -0.15) is 18.3 Å². The maximum Gasteiger partial charge on any atom is 0.417 e.